The fourth-order valence-corrected chi connectivity index (χ4v) is 5.38. The number of benzene rings is 2. The van der Waals surface area contributed by atoms with Crippen molar-refractivity contribution in [1.29, 1.82) is 0 Å². The Bertz CT molecular complexity index is 855. The van der Waals surface area contributed by atoms with E-state index in [0.29, 0.717) is 46.3 Å². The standard InChI is InChI=1S/C26H36Br2O6/c1-29-21-12-17(13-22(30-2)25(21)33-5)10-19(8-7-9-27)20(16-28)11-18-14-23(31-3)26(34-6)24(15-18)32-4/h12-15,19-20H,7-11,16H2,1-6H3/t19-,20+/m1/s1. The summed E-state index contributed by atoms with van der Waals surface area (Å²) in [6, 6.07) is 8.18. The molecule has 2 rings (SSSR count). The molecule has 0 unspecified atom stereocenters. The molecule has 0 fully saturated rings. The van der Waals surface area contributed by atoms with Crippen LogP contribution in [0.2, 0.25) is 0 Å². The quantitative estimate of drug-likeness (QED) is 0.222. The minimum Gasteiger partial charge on any atom is -0.493 e. The molecule has 0 aliphatic heterocycles. The van der Waals surface area contributed by atoms with Crippen molar-refractivity contribution < 1.29 is 28.4 Å². The summed E-state index contributed by atoms with van der Waals surface area (Å²) in [7, 11) is 9.83. The fraction of sp³-hybridized carbons (Fsp3) is 0.538. The first-order chi connectivity index (χ1) is 16.5. The number of hydrogen-bond donors (Lipinski definition) is 0. The van der Waals surface area contributed by atoms with Gasteiger partial charge < -0.3 is 28.4 Å². The van der Waals surface area contributed by atoms with Gasteiger partial charge in [-0.2, -0.15) is 0 Å². The molecule has 0 spiro atoms. The van der Waals surface area contributed by atoms with E-state index < -0.39 is 0 Å². The molecule has 0 heterocycles. The molecule has 0 aliphatic carbocycles. The van der Waals surface area contributed by atoms with Gasteiger partial charge in [0.2, 0.25) is 11.5 Å². The molecule has 2 aromatic rings. The highest BCUT2D eigenvalue weighted by Gasteiger charge is 2.24. The minimum atomic E-state index is 0.390. The van der Waals surface area contributed by atoms with Crippen LogP contribution in [0.4, 0.5) is 0 Å². The lowest BCUT2D eigenvalue weighted by Gasteiger charge is -2.27. The van der Waals surface area contributed by atoms with Crippen molar-refractivity contribution in [2.24, 2.45) is 11.8 Å². The predicted octanol–water partition coefficient (Wildman–Crippen LogP) is 6.33. The second-order valence-corrected chi connectivity index (χ2v) is 9.42. The Morgan fingerprint density at radius 1 is 0.588 bits per heavy atom. The summed E-state index contributed by atoms with van der Waals surface area (Å²) >= 11 is 7.39. The number of methoxy groups -OCH3 is 6. The molecule has 0 aliphatic rings. The summed E-state index contributed by atoms with van der Waals surface area (Å²) in [5.74, 6) is 4.74. The van der Waals surface area contributed by atoms with E-state index in [-0.39, 0.29) is 0 Å². The van der Waals surface area contributed by atoms with Crippen LogP contribution in [0.15, 0.2) is 24.3 Å². The first-order valence-electron chi connectivity index (χ1n) is 11.2. The molecule has 0 radical (unpaired) electrons. The van der Waals surface area contributed by atoms with Crippen molar-refractivity contribution in [3.8, 4) is 34.5 Å². The summed E-state index contributed by atoms with van der Waals surface area (Å²) in [6.07, 6.45) is 3.94. The second-order valence-electron chi connectivity index (χ2n) is 7.98. The van der Waals surface area contributed by atoms with Crippen LogP contribution in [-0.4, -0.2) is 53.3 Å². The molecule has 0 aromatic heterocycles. The molecule has 0 bridgehead atoms. The van der Waals surface area contributed by atoms with Crippen molar-refractivity contribution in [3.63, 3.8) is 0 Å². The third-order valence-corrected chi connectivity index (χ3v) is 7.41. The molecule has 0 amide bonds. The maximum absolute atomic E-state index is 5.58. The van der Waals surface area contributed by atoms with Gasteiger partial charge in [0.1, 0.15) is 0 Å². The number of hydrogen-bond acceptors (Lipinski definition) is 6. The van der Waals surface area contributed by atoms with Gasteiger partial charge in [-0.25, -0.2) is 0 Å². The van der Waals surface area contributed by atoms with Crippen LogP contribution < -0.4 is 28.4 Å². The van der Waals surface area contributed by atoms with Crippen LogP contribution in [0, 0.1) is 11.8 Å². The van der Waals surface area contributed by atoms with Gasteiger partial charge in [0, 0.05) is 10.7 Å². The maximum Gasteiger partial charge on any atom is 0.203 e. The average Bonchev–Trinajstić information content (AvgIpc) is 2.88. The Morgan fingerprint density at radius 3 is 1.26 bits per heavy atom. The lowest BCUT2D eigenvalue weighted by atomic mass is 9.81. The molecule has 8 heteroatoms. The Hall–Kier alpha value is -1.80. The maximum atomic E-state index is 5.58. The van der Waals surface area contributed by atoms with Gasteiger partial charge in [0.15, 0.2) is 23.0 Å². The highest BCUT2D eigenvalue weighted by atomic mass is 79.9. The monoisotopic (exact) mass is 602 g/mol. The summed E-state index contributed by atoms with van der Waals surface area (Å²) in [5, 5.41) is 1.85. The lowest BCUT2D eigenvalue weighted by molar-refractivity contribution is 0.315. The summed E-state index contributed by atoms with van der Waals surface area (Å²) < 4.78 is 33.3. The molecule has 0 N–H and O–H groups in total. The van der Waals surface area contributed by atoms with Crippen molar-refractivity contribution in [1.82, 2.24) is 0 Å². The molecule has 2 aromatic carbocycles. The van der Waals surface area contributed by atoms with Crippen molar-refractivity contribution in [3.05, 3.63) is 35.4 Å². The Morgan fingerprint density at radius 2 is 0.971 bits per heavy atom. The van der Waals surface area contributed by atoms with E-state index in [1.54, 1.807) is 42.7 Å². The van der Waals surface area contributed by atoms with Gasteiger partial charge in [-0.1, -0.05) is 31.9 Å². The number of alkyl halides is 2. The zero-order valence-electron chi connectivity index (χ0n) is 20.9. The number of rotatable bonds is 15. The SMILES string of the molecule is COc1cc(C[C@@H](CBr)[C@H](CCCBr)Cc2cc(OC)c(OC)c(OC)c2)cc(OC)c1OC. The molecule has 6 nitrogen and oxygen atoms in total. The predicted molar refractivity (Wildman–Crippen MR) is 143 cm³/mol. The van der Waals surface area contributed by atoms with Crippen LogP contribution in [0.1, 0.15) is 24.0 Å². The molecule has 34 heavy (non-hydrogen) atoms. The lowest BCUT2D eigenvalue weighted by Crippen LogP contribution is -2.22. The molecular weight excluding hydrogens is 568 g/mol. The van der Waals surface area contributed by atoms with Crippen molar-refractivity contribution in [2.75, 3.05) is 53.3 Å². The van der Waals surface area contributed by atoms with Crippen LogP contribution >= 0.6 is 31.9 Å². The fourth-order valence-electron chi connectivity index (χ4n) is 4.30. The van der Waals surface area contributed by atoms with Gasteiger partial charge in [-0.15, -0.1) is 0 Å². The summed E-state index contributed by atoms with van der Waals surface area (Å²) in [5.41, 5.74) is 2.30. The van der Waals surface area contributed by atoms with Crippen LogP contribution in [0.25, 0.3) is 0 Å². The summed E-state index contributed by atoms with van der Waals surface area (Å²) in [4.78, 5) is 0. The zero-order valence-corrected chi connectivity index (χ0v) is 24.1. The molecule has 2 atom stereocenters. The highest BCUT2D eigenvalue weighted by Crippen LogP contribution is 2.41. The topological polar surface area (TPSA) is 55.4 Å². The van der Waals surface area contributed by atoms with Gasteiger partial charge >= 0.3 is 0 Å². The Labute approximate surface area is 220 Å². The molecular formula is C26H36Br2O6. The minimum absolute atomic E-state index is 0.390. The smallest absolute Gasteiger partial charge is 0.203 e. The third kappa shape index (κ3) is 7.11. The number of ether oxygens (including phenoxy) is 6. The highest BCUT2D eigenvalue weighted by molar-refractivity contribution is 9.09. The van der Waals surface area contributed by atoms with E-state index in [2.05, 4.69) is 31.9 Å². The van der Waals surface area contributed by atoms with E-state index in [4.69, 9.17) is 28.4 Å². The van der Waals surface area contributed by atoms with Gasteiger partial charge in [-0.3, -0.25) is 0 Å². The van der Waals surface area contributed by atoms with Gasteiger partial charge in [0.25, 0.3) is 0 Å². The normalized spacial score (nSPS) is 12.6. The van der Waals surface area contributed by atoms with E-state index in [0.717, 1.165) is 47.5 Å². The van der Waals surface area contributed by atoms with E-state index in [9.17, 15) is 0 Å². The second kappa shape index (κ2) is 14.6. The van der Waals surface area contributed by atoms with Crippen molar-refractivity contribution >= 4 is 31.9 Å². The Kier molecular flexibility index (Phi) is 12.2. The van der Waals surface area contributed by atoms with Gasteiger partial charge in [-0.05, 0) is 72.9 Å². The van der Waals surface area contributed by atoms with E-state index >= 15 is 0 Å². The van der Waals surface area contributed by atoms with Crippen LogP contribution in [-0.2, 0) is 12.8 Å². The largest absolute Gasteiger partial charge is 0.493 e. The molecule has 190 valence electrons. The summed E-state index contributed by atoms with van der Waals surface area (Å²) in [6.45, 7) is 0. The van der Waals surface area contributed by atoms with Crippen LogP contribution in [0.5, 0.6) is 34.5 Å². The molecule has 0 saturated carbocycles. The third-order valence-electron chi connectivity index (χ3n) is 6.02. The number of halogens is 2. The Balaban J connectivity index is 2.38. The zero-order chi connectivity index (χ0) is 25.1. The van der Waals surface area contributed by atoms with Crippen LogP contribution in [0.3, 0.4) is 0 Å². The van der Waals surface area contributed by atoms with E-state index in [1.807, 2.05) is 24.3 Å². The average molecular weight is 604 g/mol. The first kappa shape index (κ1) is 28.4. The van der Waals surface area contributed by atoms with Gasteiger partial charge in [0.05, 0.1) is 42.7 Å². The first-order valence-corrected chi connectivity index (χ1v) is 13.4. The van der Waals surface area contributed by atoms with E-state index in [1.165, 1.54) is 0 Å². The molecule has 0 saturated heterocycles. The van der Waals surface area contributed by atoms with Crippen molar-refractivity contribution in [2.45, 2.75) is 25.7 Å².